The summed E-state index contributed by atoms with van der Waals surface area (Å²) in [6.07, 6.45) is 6.16. The molecule has 1 heterocycles. The maximum Gasteiger partial charge on any atom is 0.240 e. The Morgan fingerprint density at radius 2 is 1.79 bits per heavy atom. The van der Waals surface area contributed by atoms with Gasteiger partial charge in [-0.05, 0) is 67.5 Å². The summed E-state index contributed by atoms with van der Waals surface area (Å²) < 4.78 is 32.7. The number of hydrogen-bond donors (Lipinski definition) is 3. The van der Waals surface area contributed by atoms with Gasteiger partial charge in [0.05, 0.1) is 18.6 Å². The molecule has 1 fully saturated rings. The summed E-state index contributed by atoms with van der Waals surface area (Å²) in [5, 5.41) is 5.45. The molecule has 3 N–H and O–H groups in total. The number of pyridine rings is 1. The third kappa shape index (κ3) is 7.54. The number of benzene rings is 1. The molecule has 1 aromatic heterocycles. The van der Waals surface area contributed by atoms with Gasteiger partial charge in [-0.25, -0.2) is 13.1 Å². The Bertz CT molecular complexity index is 1020. The highest BCUT2D eigenvalue weighted by molar-refractivity contribution is 7.89. The van der Waals surface area contributed by atoms with Crippen LogP contribution in [0.1, 0.15) is 31.2 Å². The van der Waals surface area contributed by atoms with E-state index in [9.17, 15) is 18.0 Å². The minimum Gasteiger partial charge on any atom is -0.497 e. The Balaban J connectivity index is 1.35. The van der Waals surface area contributed by atoms with E-state index < -0.39 is 10.0 Å². The van der Waals surface area contributed by atoms with Crippen molar-refractivity contribution in [1.29, 1.82) is 0 Å². The van der Waals surface area contributed by atoms with Crippen molar-refractivity contribution < 1.29 is 22.7 Å². The first-order valence-corrected chi connectivity index (χ1v) is 12.4. The maximum absolute atomic E-state index is 12.5. The number of carbonyl (C=O) groups excluding carboxylic acids is 2. The van der Waals surface area contributed by atoms with Crippen molar-refractivity contribution in [3.05, 3.63) is 54.4 Å². The monoisotopic (exact) mass is 474 g/mol. The number of ether oxygens (including phenoxy) is 1. The zero-order valence-corrected chi connectivity index (χ0v) is 19.4. The smallest absolute Gasteiger partial charge is 0.240 e. The molecule has 0 saturated heterocycles. The third-order valence-electron chi connectivity index (χ3n) is 5.78. The lowest BCUT2D eigenvalue weighted by atomic mass is 9.81. The van der Waals surface area contributed by atoms with Crippen LogP contribution in [0.25, 0.3) is 0 Å². The number of carbonyl (C=O) groups is 2. The predicted molar refractivity (Wildman–Crippen MR) is 123 cm³/mol. The normalized spacial score (nSPS) is 18.3. The molecular formula is C23H30N4O5S. The lowest BCUT2D eigenvalue weighted by Gasteiger charge is -2.27. The Morgan fingerprint density at radius 3 is 2.42 bits per heavy atom. The van der Waals surface area contributed by atoms with Crippen molar-refractivity contribution in [3.8, 4) is 5.75 Å². The van der Waals surface area contributed by atoms with Crippen molar-refractivity contribution in [2.75, 3.05) is 20.2 Å². The number of rotatable bonds is 10. The van der Waals surface area contributed by atoms with Gasteiger partial charge in [0.25, 0.3) is 0 Å². The lowest BCUT2D eigenvalue weighted by molar-refractivity contribution is -0.129. The molecule has 178 valence electrons. The van der Waals surface area contributed by atoms with Gasteiger partial charge in [0.2, 0.25) is 21.8 Å². The van der Waals surface area contributed by atoms with Crippen LogP contribution in [0.2, 0.25) is 0 Å². The van der Waals surface area contributed by atoms with Gasteiger partial charge in [-0.1, -0.05) is 6.07 Å². The zero-order valence-electron chi connectivity index (χ0n) is 18.6. The second-order valence-corrected chi connectivity index (χ2v) is 9.87. The summed E-state index contributed by atoms with van der Waals surface area (Å²) in [6.45, 7) is 0.625. The van der Waals surface area contributed by atoms with E-state index in [1.165, 1.54) is 19.2 Å². The number of nitrogens with one attached hydrogen (secondary N) is 3. The van der Waals surface area contributed by atoms with Gasteiger partial charge in [-0.3, -0.25) is 14.6 Å². The predicted octanol–water partition coefficient (Wildman–Crippen LogP) is 1.61. The molecule has 0 radical (unpaired) electrons. The van der Waals surface area contributed by atoms with E-state index in [1.54, 1.807) is 30.6 Å². The number of nitrogens with zero attached hydrogens (tertiary/aromatic N) is 1. The van der Waals surface area contributed by atoms with Gasteiger partial charge in [-0.2, -0.15) is 0 Å². The Hall–Kier alpha value is -2.98. The van der Waals surface area contributed by atoms with Gasteiger partial charge >= 0.3 is 0 Å². The zero-order chi connectivity index (χ0) is 23.7. The highest BCUT2D eigenvalue weighted by Gasteiger charge is 2.27. The molecule has 2 aromatic rings. The van der Waals surface area contributed by atoms with Crippen LogP contribution < -0.4 is 20.1 Å². The van der Waals surface area contributed by atoms with Gasteiger partial charge in [-0.15, -0.1) is 0 Å². The van der Waals surface area contributed by atoms with Gasteiger partial charge in [0.15, 0.2) is 0 Å². The second-order valence-electron chi connectivity index (χ2n) is 8.10. The van der Waals surface area contributed by atoms with Crippen molar-refractivity contribution in [1.82, 2.24) is 20.3 Å². The highest BCUT2D eigenvalue weighted by atomic mass is 32.2. The fourth-order valence-electron chi connectivity index (χ4n) is 3.77. The molecule has 10 heteroatoms. The van der Waals surface area contributed by atoms with Crippen molar-refractivity contribution in [3.63, 3.8) is 0 Å². The summed E-state index contributed by atoms with van der Waals surface area (Å²) in [7, 11) is -2.07. The van der Waals surface area contributed by atoms with E-state index in [1.807, 2.05) is 6.07 Å². The molecule has 2 amide bonds. The molecular weight excluding hydrogens is 444 g/mol. The minimum atomic E-state index is -3.59. The van der Waals surface area contributed by atoms with Crippen LogP contribution in [0.5, 0.6) is 5.75 Å². The van der Waals surface area contributed by atoms with E-state index in [-0.39, 0.29) is 35.1 Å². The molecule has 1 aliphatic rings. The van der Waals surface area contributed by atoms with E-state index >= 15 is 0 Å². The average molecular weight is 475 g/mol. The molecule has 1 aromatic carbocycles. The standard InChI is InChI=1S/C23H30N4O5S/c1-32-20-8-10-21(11-9-20)33(30,31)27-15-17-4-6-19(7-5-17)23(29)26-16-22(28)25-14-18-3-2-12-24-13-18/h2-3,8-13,17,19,27H,4-7,14-16H2,1H3,(H,25,28)(H,26,29). The van der Waals surface area contributed by atoms with Crippen molar-refractivity contribution in [2.45, 2.75) is 37.1 Å². The molecule has 3 rings (SSSR count). The van der Waals surface area contributed by atoms with Crippen molar-refractivity contribution >= 4 is 21.8 Å². The Labute approximate surface area is 194 Å². The van der Waals surface area contributed by atoms with Gasteiger partial charge < -0.3 is 15.4 Å². The SMILES string of the molecule is COc1ccc(S(=O)(=O)NCC2CCC(C(=O)NCC(=O)NCc3cccnc3)CC2)cc1. The first kappa shape index (κ1) is 24.7. The van der Waals surface area contributed by atoms with Gasteiger partial charge in [0.1, 0.15) is 5.75 Å². The number of amides is 2. The number of aromatic nitrogens is 1. The molecule has 1 saturated carbocycles. The molecule has 0 spiro atoms. The van der Waals surface area contributed by atoms with Crippen LogP contribution in [0.15, 0.2) is 53.7 Å². The van der Waals surface area contributed by atoms with E-state index in [0.29, 0.717) is 31.7 Å². The molecule has 1 aliphatic carbocycles. The lowest BCUT2D eigenvalue weighted by Crippen LogP contribution is -2.41. The maximum atomic E-state index is 12.5. The Kier molecular flexibility index (Phi) is 8.79. The highest BCUT2D eigenvalue weighted by Crippen LogP contribution is 2.29. The fourth-order valence-corrected chi connectivity index (χ4v) is 4.89. The number of hydrogen-bond acceptors (Lipinski definition) is 6. The summed E-state index contributed by atoms with van der Waals surface area (Å²) in [5.74, 6) is 0.213. The van der Waals surface area contributed by atoms with Crippen LogP contribution in [0.3, 0.4) is 0 Å². The van der Waals surface area contributed by atoms with Gasteiger partial charge in [0, 0.05) is 31.4 Å². The van der Waals surface area contributed by atoms with Crippen LogP contribution in [-0.4, -0.2) is 45.4 Å². The molecule has 9 nitrogen and oxygen atoms in total. The first-order valence-electron chi connectivity index (χ1n) is 10.9. The van der Waals surface area contributed by atoms with Crippen molar-refractivity contribution in [2.24, 2.45) is 11.8 Å². The number of methoxy groups -OCH3 is 1. The fraction of sp³-hybridized carbons (Fsp3) is 0.435. The molecule has 0 atom stereocenters. The summed E-state index contributed by atoms with van der Waals surface area (Å²) >= 11 is 0. The van der Waals surface area contributed by atoms with Crippen LogP contribution in [0, 0.1) is 11.8 Å². The minimum absolute atomic E-state index is 0.0688. The largest absolute Gasteiger partial charge is 0.497 e. The molecule has 0 unspecified atom stereocenters. The first-order chi connectivity index (χ1) is 15.9. The van der Waals surface area contributed by atoms with Crippen LogP contribution >= 0.6 is 0 Å². The third-order valence-corrected chi connectivity index (χ3v) is 7.22. The molecule has 0 aliphatic heterocycles. The van der Waals surface area contributed by atoms with E-state index in [4.69, 9.17) is 4.74 Å². The van der Waals surface area contributed by atoms with Crippen LogP contribution in [-0.2, 0) is 26.2 Å². The van der Waals surface area contributed by atoms with E-state index in [2.05, 4.69) is 20.3 Å². The molecule has 0 bridgehead atoms. The summed E-state index contributed by atoms with van der Waals surface area (Å²) in [6, 6.07) is 9.89. The topological polar surface area (TPSA) is 126 Å². The molecule has 33 heavy (non-hydrogen) atoms. The Morgan fingerprint density at radius 1 is 1.06 bits per heavy atom. The average Bonchev–Trinajstić information content (AvgIpc) is 2.85. The second kappa shape index (κ2) is 11.8. The number of sulfonamides is 1. The van der Waals surface area contributed by atoms with E-state index in [0.717, 1.165) is 18.4 Å². The quantitative estimate of drug-likeness (QED) is 0.480. The van der Waals surface area contributed by atoms with Crippen LogP contribution in [0.4, 0.5) is 0 Å². The summed E-state index contributed by atoms with van der Waals surface area (Å²) in [5.41, 5.74) is 0.887. The summed E-state index contributed by atoms with van der Waals surface area (Å²) in [4.78, 5) is 28.6.